The van der Waals surface area contributed by atoms with Crippen molar-refractivity contribution < 1.29 is 9.53 Å². The molecular formula is C19H28N4O2. The van der Waals surface area contributed by atoms with Crippen molar-refractivity contribution in [1.82, 2.24) is 4.90 Å². The highest BCUT2D eigenvalue weighted by Crippen LogP contribution is 2.17. The van der Waals surface area contributed by atoms with Gasteiger partial charge in [0.2, 0.25) is 0 Å². The van der Waals surface area contributed by atoms with E-state index in [1.54, 1.807) is 11.1 Å². The molecule has 1 aliphatic heterocycles. The molecule has 0 aliphatic carbocycles. The second-order valence-electron chi connectivity index (χ2n) is 7.30. The number of nitrogens with zero attached hydrogens (tertiary/aromatic N) is 3. The predicted octanol–water partition coefficient (Wildman–Crippen LogP) is 3.22. The van der Waals surface area contributed by atoms with Crippen molar-refractivity contribution in [1.29, 1.82) is 0 Å². The third-order valence-electron chi connectivity index (χ3n) is 4.24. The van der Waals surface area contributed by atoms with Crippen LogP contribution in [0.1, 0.15) is 39.2 Å². The summed E-state index contributed by atoms with van der Waals surface area (Å²) in [4.78, 5) is 18.5. The number of nitrogens with two attached hydrogens (primary N) is 1. The number of rotatable bonds is 4. The van der Waals surface area contributed by atoms with Gasteiger partial charge in [-0.2, -0.15) is 5.10 Å². The quantitative estimate of drug-likeness (QED) is 0.517. The van der Waals surface area contributed by atoms with Crippen LogP contribution in [0.2, 0.25) is 0 Å². The summed E-state index contributed by atoms with van der Waals surface area (Å²) in [6.07, 6.45) is 3.15. The van der Waals surface area contributed by atoms with Crippen molar-refractivity contribution in [2.24, 2.45) is 21.4 Å². The number of likely N-dealkylation sites (tertiary alicyclic amines) is 1. The lowest BCUT2D eigenvalue weighted by Gasteiger charge is -2.29. The maximum Gasteiger partial charge on any atom is 0.410 e. The average molecular weight is 344 g/mol. The van der Waals surface area contributed by atoms with Crippen LogP contribution < -0.4 is 5.84 Å². The Labute approximate surface area is 149 Å². The standard InChI is InChI=1S/C19H28N4O2/c1-19(2,3)17(22-20)13-21-16-9-11-23(12-10-16)18(24)25-14-15-7-5-4-6-8-15/h4-8,13,16H,9-12,14,20H2,1-3H3. The number of benzene rings is 1. The Bertz CT molecular complexity index is 612. The smallest absolute Gasteiger partial charge is 0.410 e. The van der Waals surface area contributed by atoms with Gasteiger partial charge in [-0.3, -0.25) is 4.99 Å². The highest BCUT2D eigenvalue weighted by molar-refractivity contribution is 6.32. The molecule has 25 heavy (non-hydrogen) atoms. The lowest BCUT2D eigenvalue weighted by molar-refractivity contribution is 0.0875. The molecule has 1 aliphatic rings. The Balaban J connectivity index is 1.78. The van der Waals surface area contributed by atoms with Gasteiger partial charge in [-0.25, -0.2) is 4.79 Å². The highest BCUT2D eigenvalue weighted by atomic mass is 16.6. The summed E-state index contributed by atoms with van der Waals surface area (Å²) >= 11 is 0. The van der Waals surface area contributed by atoms with E-state index < -0.39 is 0 Å². The van der Waals surface area contributed by atoms with Crippen LogP contribution in [0.3, 0.4) is 0 Å². The second-order valence-corrected chi connectivity index (χ2v) is 7.30. The highest BCUT2D eigenvalue weighted by Gasteiger charge is 2.24. The van der Waals surface area contributed by atoms with Gasteiger partial charge in [0.05, 0.1) is 11.8 Å². The van der Waals surface area contributed by atoms with E-state index in [0.29, 0.717) is 19.7 Å². The van der Waals surface area contributed by atoms with Crippen molar-refractivity contribution in [3.63, 3.8) is 0 Å². The fraction of sp³-hybridized carbons (Fsp3) is 0.526. The number of hydrogen-bond acceptors (Lipinski definition) is 5. The summed E-state index contributed by atoms with van der Waals surface area (Å²) in [6.45, 7) is 7.77. The predicted molar refractivity (Wildman–Crippen MR) is 101 cm³/mol. The third kappa shape index (κ3) is 5.89. The van der Waals surface area contributed by atoms with E-state index in [2.05, 4.69) is 30.9 Å². The summed E-state index contributed by atoms with van der Waals surface area (Å²) < 4.78 is 5.38. The molecule has 1 aromatic carbocycles. The first-order valence-corrected chi connectivity index (χ1v) is 8.67. The van der Waals surface area contributed by atoms with Gasteiger partial charge in [0.15, 0.2) is 0 Å². The Morgan fingerprint density at radius 2 is 1.92 bits per heavy atom. The van der Waals surface area contributed by atoms with Gasteiger partial charge < -0.3 is 15.5 Å². The maximum atomic E-state index is 12.2. The molecule has 0 spiro atoms. The first-order valence-electron chi connectivity index (χ1n) is 8.67. The minimum absolute atomic E-state index is 0.125. The molecule has 2 rings (SSSR count). The van der Waals surface area contributed by atoms with Gasteiger partial charge in [0.25, 0.3) is 0 Å². The largest absolute Gasteiger partial charge is 0.445 e. The van der Waals surface area contributed by atoms with Crippen LogP contribution in [0, 0.1) is 5.41 Å². The first kappa shape index (κ1) is 19.0. The molecule has 6 heteroatoms. The Kier molecular flexibility index (Phi) is 6.56. The maximum absolute atomic E-state index is 12.2. The van der Waals surface area contributed by atoms with Gasteiger partial charge in [0.1, 0.15) is 6.61 Å². The molecule has 1 saturated heterocycles. The monoisotopic (exact) mass is 344 g/mol. The lowest BCUT2D eigenvalue weighted by atomic mass is 9.90. The van der Waals surface area contributed by atoms with Crippen LogP contribution in [0.5, 0.6) is 0 Å². The van der Waals surface area contributed by atoms with E-state index in [-0.39, 0.29) is 17.6 Å². The molecule has 0 aromatic heterocycles. The van der Waals surface area contributed by atoms with Crippen LogP contribution in [-0.2, 0) is 11.3 Å². The number of carbonyl (C=O) groups is 1. The Morgan fingerprint density at radius 1 is 1.28 bits per heavy atom. The van der Waals surface area contributed by atoms with E-state index in [0.717, 1.165) is 24.1 Å². The summed E-state index contributed by atoms with van der Waals surface area (Å²) in [6, 6.07) is 9.89. The van der Waals surface area contributed by atoms with Gasteiger partial charge >= 0.3 is 6.09 Å². The topological polar surface area (TPSA) is 80.3 Å². The van der Waals surface area contributed by atoms with Crippen molar-refractivity contribution >= 4 is 18.0 Å². The zero-order chi connectivity index (χ0) is 18.3. The first-order chi connectivity index (χ1) is 11.9. The summed E-state index contributed by atoms with van der Waals surface area (Å²) in [5.41, 5.74) is 1.64. The molecule has 6 nitrogen and oxygen atoms in total. The van der Waals surface area contributed by atoms with Crippen molar-refractivity contribution in [2.75, 3.05) is 13.1 Å². The van der Waals surface area contributed by atoms with Crippen molar-refractivity contribution in [3.8, 4) is 0 Å². The number of carbonyl (C=O) groups excluding carboxylic acids is 1. The molecule has 0 saturated carbocycles. The van der Waals surface area contributed by atoms with Crippen LogP contribution in [0.15, 0.2) is 40.4 Å². The summed E-state index contributed by atoms with van der Waals surface area (Å²) in [5.74, 6) is 5.44. The molecule has 1 fully saturated rings. The Morgan fingerprint density at radius 3 is 2.48 bits per heavy atom. The molecule has 1 aromatic rings. The van der Waals surface area contributed by atoms with Gasteiger partial charge in [-0.05, 0) is 18.4 Å². The number of ether oxygens (including phenoxy) is 1. The molecule has 0 radical (unpaired) electrons. The van der Waals surface area contributed by atoms with Crippen LogP contribution in [-0.4, -0.2) is 42.1 Å². The van der Waals surface area contributed by atoms with Gasteiger partial charge in [-0.15, -0.1) is 0 Å². The van der Waals surface area contributed by atoms with E-state index >= 15 is 0 Å². The number of amides is 1. The number of hydrazone groups is 1. The second kappa shape index (κ2) is 8.65. The molecule has 0 atom stereocenters. The van der Waals surface area contributed by atoms with E-state index in [1.165, 1.54) is 0 Å². The normalized spacial score (nSPS) is 17.1. The molecule has 1 heterocycles. The molecular weight excluding hydrogens is 316 g/mol. The van der Waals surface area contributed by atoms with Crippen LogP contribution >= 0.6 is 0 Å². The minimum atomic E-state index is -0.259. The fourth-order valence-corrected chi connectivity index (χ4v) is 2.60. The zero-order valence-corrected chi connectivity index (χ0v) is 15.3. The lowest BCUT2D eigenvalue weighted by Crippen LogP contribution is -2.40. The van der Waals surface area contributed by atoms with E-state index in [1.807, 2.05) is 30.3 Å². The van der Waals surface area contributed by atoms with Crippen LogP contribution in [0.4, 0.5) is 4.79 Å². The molecule has 0 unspecified atom stereocenters. The van der Waals surface area contributed by atoms with Crippen molar-refractivity contribution in [2.45, 2.75) is 46.3 Å². The molecule has 1 amide bonds. The third-order valence-corrected chi connectivity index (χ3v) is 4.24. The zero-order valence-electron chi connectivity index (χ0n) is 15.3. The molecule has 136 valence electrons. The van der Waals surface area contributed by atoms with E-state index in [9.17, 15) is 4.79 Å². The number of hydrogen-bond donors (Lipinski definition) is 1. The fourth-order valence-electron chi connectivity index (χ4n) is 2.60. The summed E-state index contributed by atoms with van der Waals surface area (Å²) in [5, 5.41) is 3.82. The minimum Gasteiger partial charge on any atom is -0.445 e. The Hall–Kier alpha value is -2.37. The molecule has 2 N–H and O–H groups in total. The number of aliphatic imine (C=N–C) groups is 1. The average Bonchev–Trinajstić information content (AvgIpc) is 2.60. The van der Waals surface area contributed by atoms with E-state index in [4.69, 9.17) is 10.6 Å². The van der Waals surface area contributed by atoms with Crippen LogP contribution in [0.25, 0.3) is 0 Å². The SMILES string of the molecule is CC(C)(C)C(C=NC1CCN(C(=O)OCc2ccccc2)CC1)=NN. The van der Waals surface area contributed by atoms with Gasteiger partial charge in [-0.1, -0.05) is 51.1 Å². The summed E-state index contributed by atoms with van der Waals surface area (Å²) in [7, 11) is 0. The molecule has 0 bridgehead atoms. The van der Waals surface area contributed by atoms with Crippen molar-refractivity contribution in [3.05, 3.63) is 35.9 Å². The number of piperidine rings is 1. The van der Waals surface area contributed by atoms with Gasteiger partial charge in [0, 0.05) is 24.7 Å².